The molecule has 5 nitrogen and oxygen atoms in total. The summed E-state index contributed by atoms with van der Waals surface area (Å²) in [7, 11) is 0. The smallest absolute Gasteiger partial charge is 0.191 e. The Hall–Kier alpha value is -2.35. The predicted octanol–water partition coefficient (Wildman–Crippen LogP) is 7.00. The molecule has 0 N–H and O–H groups in total. The zero-order chi connectivity index (χ0) is 23.2. The maximum absolute atomic E-state index is 6.02. The van der Waals surface area contributed by atoms with Crippen LogP contribution in [-0.2, 0) is 18.7 Å². The third kappa shape index (κ3) is 5.96. The predicted molar refractivity (Wildman–Crippen MR) is 138 cm³/mol. The van der Waals surface area contributed by atoms with Crippen molar-refractivity contribution in [2.75, 3.05) is 6.61 Å². The van der Waals surface area contributed by atoms with Crippen molar-refractivity contribution < 1.29 is 4.74 Å². The largest absolute Gasteiger partial charge is 0.493 e. The van der Waals surface area contributed by atoms with E-state index in [1.165, 1.54) is 11.1 Å². The van der Waals surface area contributed by atoms with Crippen LogP contribution in [0, 0.1) is 13.8 Å². The molecule has 172 valence electrons. The van der Waals surface area contributed by atoms with Gasteiger partial charge < -0.3 is 9.30 Å². The number of nitrogens with zero attached hydrogens (tertiary/aromatic N) is 4. The van der Waals surface area contributed by atoms with Gasteiger partial charge in [0, 0.05) is 34.7 Å². The third-order valence-corrected chi connectivity index (χ3v) is 7.49. The highest BCUT2D eigenvalue weighted by Gasteiger charge is 2.13. The number of benzene rings is 2. The van der Waals surface area contributed by atoms with Crippen molar-refractivity contribution in [1.82, 2.24) is 19.7 Å². The first kappa shape index (κ1) is 23.8. The molecule has 0 saturated carbocycles. The maximum atomic E-state index is 6.02. The molecule has 33 heavy (non-hydrogen) atoms. The summed E-state index contributed by atoms with van der Waals surface area (Å²) in [6.07, 6.45) is 1.69. The van der Waals surface area contributed by atoms with Gasteiger partial charge in [-0.2, -0.15) is 0 Å². The fraction of sp³-hybridized carbons (Fsp3) is 0.320. The first-order valence-electron chi connectivity index (χ1n) is 11.0. The molecule has 0 saturated heterocycles. The fourth-order valence-electron chi connectivity index (χ4n) is 3.56. The minimum absolute atomic E-state index is 0.627. The van der Waals surface area contributed by atoms with Crippen molar-refractivity contribution in [2.24, 2.45) is 0 Å². The Bertz CT molecular complexity index is 1220. The van der Waals surface area contributed by atoms with Gasteiger partial charge >= 0.3 is 0 Å². The van der Waals surface area contributed by atoms with Crippen molar-refractivity contribution in [3.8, 4) is 16.3 Å². The molecular weight excluding hydrogens is 472 g/mol. The van der Waals surface area contributed by atoms with Crippen LogP contribution in [0.3, 0.4) is 0 Å². The molecule has 0 fully saturated rings. The van der Waals surface area contributed by atoms with E-state index in [0.717, 1.165) is 63.2 Å². The van der Waals surface area contributed by atoms with Crippen molar-refractivity contribution in [3.05, 3.63) is 75.5 Å². The molecule has 0 radical (unpaired) electrons. The van der Waals surface area contributed by atoms with Gasteiger partial charge in [0.15, 0.2) is 5.16 Å². The van der Waals surface area contributed by atoms with Crippen LogP contribution in [0.1, 0.15) is 36.0 Å². The van der Waals surface area contributed by atoms with E-state index in [1.807, 2.05) is 25.1 Å². The lowest BCUT2D eigenvalue weighted by atomic mass is 10.1. The summed E-state index contributed by atoms with van der Waals surface area (Å²) in [6, 6.07) is 14.1. The molecule has 4 rings (SSSR count). The number of aryl methyl sites for hydroxylation is 3. The zero-order valence-corrected chi connectivity index (χ0v) is 21.4. The fourth-order valence-corrected chi connectivity index (χ4v) is 5.72. The van der Waals surface area contributed by atoms with Crippen LogP contribution in [0.25, 0.3) is 10.6 Å². The van der Waals surface area contributed by atoms with Crippen LogP contribution < -0.4 is 4.74 Å². The van der Waals surface area contributed by atoms with Crippen LogP contribution >= 0.6 is 34.7 Å². The van der Waals surface area contributed by atoms with E-state index in [2.05, 4.69) is 58.3 Å². The molecule has 4 aromatic rings. The first-order chi connectivity index (χ1) is 16.0. The normalized spacial score (nSPS) is 11.2. The number of rotatable bonds is 10. The Balaban J connectivity index is 1.32. The van der Waals surface area contributed by atoms with Gasteiger partial charge in [0.25, 0.3) is 0 Å². The average Bonchev–Trinajstić information content (AvgIpc) is 3.43. The quantitative estimate of drug-likeness (QED) is 0.174. The number of thioether (sulfide) groups is 1. The number of hydrogen-bond donors (Lipinski definition) is 0. The molecule has 0 spiro atoms. The standard InChI is InChI=1S/C25H27ClN4OS2/c1-4-30-23(10-7-13-31-22-12-11-19(26)14-18(22)3)28-29-25(30)33-16-20-15-32-24(27-20)21-9-6-5-8-17(21)2/h5-6,8-9,11-12,14-15H,4,7,10,13,16H2,1-3H3. The second kappa shape index (κ2) is 11.2. The van der Waals surface area contributed by atoms with Gasteiger partial charge in [-0.15, -0.1) is 21.5 Å². The van der Waals surface area contributed by atoms with Gasteiger partial charge in [0.1, 0.15) is 16.6 Å². The van der Waals surface area contributed by atoms with Crippen molar-refractivity contribution in [2.45, 2.75) is 51.1 Å². The molecule has 2 aromatic heterocycles. The van der Waals surface area contributed by atoms with Crippen LogP contribution in [0.2, 0.25) is 5.02 Å². The van der Waals surface area contributed by atoms with E-state index in [9.17, 15) is 0 Å². The Kier molecular flexibility index (Phi) is 8.06. The number of aromatic nitrogens is 4. The van der Waals surface area contributed by atoms with Gasteiger partial charge in [-0.1, -0.05) is 47.6 Å². The van der Waals surface area contributed by atoms with E-state index < -0.39 is 0 Å². The zero-order valence-electron chi connectivity index (χ0n) is 19.0. The summed E-state index contributed by atoms with van der Waals surface area (Å²) in [5.41, 5.74) is 4.57. The van der Waals surface area contributed by atoms with E-state index >= 15 is 0 Å². The molecule has 2 aromatic carbocycles. The van der Waals surface area contributed by atoms with Crippen LogP contribution in [0.5, 0.6) is 5.75 Å². The Labute approximate surface area is 208 Å². The highest BCUT2D eigenvalue weighted by molar-refractivity contribution is 7.98. The molecule has 0 bridgehead atoms. The van der Waals surface area contributed by atoms with E-state index in [1.54, 1.807) is 23.1 Å². The molecular formula is C25H27ClN4OS2. The summed E-state index contributed by atoms with van der Waals surface area (Å²) in [5, 5.41) is 13.7. The summed E-state index contributed by atoms with van der Waals surface area (Å²) in [5.74, 6) is 2.65. The second-order valence-electron chi connectivity index (χ2n) is 7.75. The summed E-state index contributed by atoms with van der Waals surface area (Å²) >= 11 is 9.39. The van der Waals surface area contributed by atoms with Gasteiger partial charge in [-0.3, -0.25) is 0 Å². The number of halogens is 1. The third-order valence-electron chi connectivity index (χ3n) is 5.33. The molecule has 2 heterocycles. The van der Waals surface area contributed by atoms with E-state index in [-0.39, 0.29) is 0 Å². The molecule has 0 amide bonds. The van der Waals surface area contributed by atoms with Crippen LogP contribution in [-0.4, -0.2) is 26.4 Å². The molecule has 8 heteroatoms. The maximum Gasteiger partial charge on any atom is 0.191 e. The van der Waals surface area contributed by atoms with Crippen LogP contribution in [0.15, 0.2) is 53.0 Å². The number of thiazole rings is 1. The number of hydrogen-bond acceptors (Lipinski definition) is 6. The van der Waals surface area contributed by atoms with Gasteiger partial charge in [-0.25, -0.2) is 4.98 Å². The minimum atomic E-state index is 0.627. The van der Waals surface area contributed by atoms with Crippen molar-refractivity contribution >= 4 is 34.7 Å². The van der Waals surface area contributed by atoms with E-state index in [0.29, 0.717) is 6.61 Å². The summed E-state index contributed by atoms with van der Waals surface area (Å²) in [4.78, 5) is 4.84. The van der Waals surface area contributed by atoms with Gasteiger partial charge in [-0.05, 0) is 56.5 Å². The molecule has 0 aliphatic rings. The summed E-state index contributed by atoms with van der Waals surface area (Å²) < 4.78 is 8.11. The van der Waals surface area contributed by atoms with Crippen molar-refractivity contribution in [3.63, 3.8) is 0 Å². The molecule has 0 atom stereocenters. The van der Waals surface area contributed by atoms with Crippen molar-refractivity contribution in [1.29, 1.82) is 0 Å². The highest BCUT2D eigenvalue weighted by Crippen LogP contribution is 2.29. The monoisotopic (exact) mass is 498 g/mol. The molecule has 0 unspecified atom stereocenters. The summed E-state index contributed by atoms with van der Waals surface area (Å²) in [6.45, 7) is 7.72. The minimum Gasteiger partial charge on any atom is -0.493 e. The van der Waals surface area contributed by atoms with Crippen LogP contribution in [0.4, 0.5) is 0 Å². The topological polar surface area (TPSA) is 52.8 Å². The van der Waals surface area contributed by atoms with E-state index in [4.69, 9.17) is 21.3 Å². The Morgan fingerprint density at radius 1 is 1.09 bits per heavy atom. The average molecular weight is 499 g/mol. The lowest BCUT2D eigenvalue weighted by Gasteiger charge is -2.10. The Morgan fingerprint density at radius 3 is 2.73 bits per heavy atom. The Morgan fingerprint density at radius 2 is 1.94 bits per heavy atom. The lowest BCUT2D eigenvalue weighted by Crippen LogP contribution is -2.06. The molecule has 0 aliphatic carbocycles. The number of ether oxygens (including phenoxy) is 1. The molecule has 0 aliphatic heterocycles. The SMILES string of the molecule is CCn1c(CCCOc2ccc(Cl)cc2C)nnc1SCc1csc(-c2ccccc2C)n1. The lowest BCUT2D eigenvalue weighted by molar-refractivity contribution is 0.307. The first-order valence-corrected chi connectivity index (χ1v) is 13.2. The highest BCUT2D eigenvalue weighted by atomic mass is 35.5. The van der Waals surface area contributed by atoms with Gasteiger partial charge in [0.05, 0.1) is 12.3 Å². The van der Waals surface area contributed by atoms with Gasteiger partial charge in [0.2, 0.25) is 0 Å². The second-order valence-corrected chi connectivity index (χ2v) is 9.99.